The van der Waals surface area contributed by atoms with Crippen molar-refractivity contribution in [3.05, 3.63) is 63.7 Å². The van der Waals surface area contributed by atoms with Crippen molar-refractivity contribution in [2.45, 2.75) is 6.61 Å². The van der Waals surface area contributed by atoms with E-state index in [1.54, 1.807) is 55.1 Å². The topological polar surface area (TPSA) is 82.6 Å². The van der Waals surface area contributed by atoms with Crippen molar-refractivity contribution in [2.75, 3.05) is 25.6 Å². The normalized spacial score (nSPS) is 10.5. The SMILES string of the molecule is COCCOc1ncccc1NC(=O)c1csc(COc2ccc(Cl)cc2)n1. The highest BCUT2D eigenvalue weighted by Crippen LogP contribution is 2.22. The number of rotatable bonds is 9. The number of carbonyl (C=O) groups is 1. The summed E-state index contributed by atoms with van der Waals surface area (Å²) in [4.78, 5) is 20.9. The first-order chi connectivity index (χ1) is 13.7. The van der Waals surface area contributed by atoms with Gasteiger partial charge in [-0.15, -0.1) is 11.3 Å². The zero-order valence-corrected chi connectivity index (χ0v) is 16.6. The molecule has 146 valence electrons. The summed E-state index contributed by atoms with van der Waals surface area (Å²) >= 11 is 7.20. The first kappa shape index (κ1) is 20.1. The van der Waals surface area contributed by atoms with Gasteiger partial charge >= 0.3 is 0 Å². The van der Waals surface area contributed by atoms with E-state index in [1.165, 1.54) is 11.3 Å². The lowest BCUT2D eigenvalue weighted by atomic mass is 10.3. The molecule has 0 unspecified atom stereocenters. The van der Waals surface area contributed by atoms with E-state index in [2.05, 4.69) is 15.3 Å². The van der Waals surface area contributed by atoms with Crippen LogP contribution in [0.5, 0.6) is 11.6 Å². The quantitative estimate of drug-likeness (QED) is 0.527. The highest BCUT2D eigenvalue weighted by Gasteiger charge is 2.14. The fourth-order valence-electron chi connectivity index (χ4n) is 2.17. The van der Waals surface area contributed by atoms with Gasteiger partial charge in [0, 0.05) is 23.7 Å². The van der Waals surface area contributed by atoms with Crippen LogP contribution in [0.2, 0.25) is 5.02 Å². The van der Waals surface area contributed by atoms with Crippen LogP contribution in [0, 0.1) is 0 Å². The number of anilines is 1. The summed E-state index contributed by atoms with van der Waals surface area (Å²) in [6, 6.07) is 10.5. The smallest absolute Gasteiger partial charge is 0.275 e. The third kappa shape index (κ3) is 5.66. The zero-order valence-electron chi connectivity index (χ0n) is 15.1. The van der Waals surface area contributed by atoms with Crippen LogP contribution in [-0.4, -0.2) is 36.2 Å². The molecule has 1 aromatic carbocycles. The van der Waals surface area contributed by atoms with Crippen LogP contribution < -0.4 is 14.8 Å². The van der Waals surface area contributed by atoms with Gasteiger partial charge < -0.3 is 19.5 Å². The maximum atomic E-state index is 12.5. The molecule has 0 aliphatic rings. The monoisotopic (exact) mass is 419 g/mol. The lowest BCUT2D eigenvalue weighted by molar-refractivity contribution is 0.102. The van der Waals surface area contributed by atoms with E-state index in [0.29, 0.717) is 46.3 Å². The minimum atomic E-state index is -0.349. The number of halogens is 1. The Morgan fingerprint density at radius 1 is 1.18 bits per heavy atom. The molecule has 9 heteroatoms. The van der Waals surface area contributed by atoms with Crippen molar-refractivity contribution in [2.24, 2.45) is 0 Å². The predicted molar refractivity (Wildman–Crippen MR) is 107 cm³/mol. The third-order valence-electron chi connectivity index (χ3n) is 3.51. The molecule has 0 bridgehead atoms. The van der Waals surface area contributed by atoms with Crippen LogP contribution in [0.25, 0.3) is 0 Å². The van der Waals surface area contributed by atoms with Gasteiger partial charge in [-0.1, -0.05) is 11.6 Å². The number of hydrogen-bond acceptors (Lipinski definition) is 7. The summed E-state index contributed by atoms with van der Waals surface area (Å²) < 4.78 is 16.1. The summed E-state index contributed by atoms with van der Waals surface area (Å²) in [6.07, 6.45) is 1.59. The number of nitrogens with zero attached hydrogens (tertiary/aromatic N) is 2. The molecule has 3 rings (SSSR count). The van der Waals surface area contributed by atoms with E-state index >= 15 is 0 Å². The van der Waals surface area contributed by atoms with Crippen molar-refractivity contribution in [3.63, 3.8) is 0 Å². The number of benzene rings is 1. The maximum absolute atomic E-state index is 12.5. The summed E-state index contributed by atoms with van der Waals surface area (Å²) in [6.45, 7) is 1.02. The average Bonchev–Trinajstić information content (AvgIpc) is 3.18. The largest absolute Gasteiger partial charge is 0.486 e. The summed E-state index contributed by atoms with van der Waals surface area (Å²) in [5.41, 5.74) is 0.766. The van der Waals surface area contributed by atoms with E-state index in [9.17, 15) is 4.79 Å². The fraction of sp³-hybridized carbons (Fsp3) is 0.211. The molecule has 1 N–H and O–H groups in total. The summed E-state index contributed by atoms with van der Waals surface area (Å²) in [7, 11) is 1.58. The van der Waals surface area contributed by atoms with Crippen molar-refractivity contribution in [3.8, 4) is 11.6 Å². The number of amides is 1. The molecule has 0 atom stereocenters. The Hall–Kier alpha value is -2.68. The number of methoxy groups -OCH3 is 1. The fourth-order valence-corrected chi connectivity index (χ4v) is 2.98. The van der Waals surface area contributed by atoms with E-state index in [-0.39, 0.29) is 12.5 Å². The molecule has 0 fully saturated rings. The summed E-state index contributed by atoms with van der Waals surface area (Å²) in [5, 5.41) is 5.77. The second-order valence-corrected chi connectivity index (χ2v) is 6.90. The zero-order chi connectivity index (χ0) is 19.8. The summed E-state index contributed by atoms with van der Waals surface area (Å²) in [5.74, 6) is 0.659. The molecule has 0 saturated heterocycles. The average molecular weight is 420 g/mol. The van der Waals surface area contributed by atoms with Gasteiger partial charge in [-0.2, -0.15) is 0 Å². The molecular formula is C19H18ClN3O4S. The molecule has 0 aliphatic carbocycles. The van der Waals surface area contributed by atoms with Crippen LogP contribution in [0.3, 0.4) is 0 Å². The Kier molecular flexibility index (Phi) is 7.18. The molecule has 7 nitrogen and oxygen atoms in total. The van der Waals surface area contributed by atoms with E-state index in [0.717, 1.165) is 0 Å². The maximum Gasteiger partial charge on any atom is 0.275 e. The van der Waals surface area contributed by atoms with E-state index in [1.807, 2.05) is 0 Å². The second kappa shape index (κ2) is 10.0. The Morgan fingerprint density at radius 3 is 2.79 bits per heavy atom. The molecule has 28 heavy (non-hydrogen) atoms. The first-order valence-electron chi connectivity index (χ1n) is 8.36. The van der Waals surface area contributed by atoms with Crippen molar-refractivity contribution < 1.29 is 19.0 Å². The highest BCUT2D eigenvalue weighted by molar-refractivity contribution is 7.09. The minimum Gasteiger partial charge on any atom is -0.486 e. The van der Waals surface area contributed by atoms with Gasteiger partial charge in [-0.25, -0.2) is 9.97 Å². The molecule has 0 spiro atoms. The first-order valence-corrected chi connectivity index (χ1v) is 9.62. The van der Waals surface area contributed by atoms with Gasteiger partial charge in [0.2, 0.25) is 5.88 Å². The molecule has 1 amide bonds. The Morgan fingerprint density at radius 2 is 2.00 bits per heavy atom. The molecule has 0 aliphatic heterocycles. The van der Waals surface area contributed by atoms with Crippen molar-refractivity contribution in [1.82, 2.24) is 9.97 Å². The minimum absolute atomic E-state index is 0.262. The van der Waals surface area contributed by atoms with Gasteiger partial charge in [-0.05, 0) is 36.4 Å². The van der Waals surface area contributed by atoms with Crippen LogP contribution in [-0.2, 0) is 11.3 Å². The standard InChI is InChI=1S/C19H18ClN3O4S/c1-25-9-10-26-19-15(3-2-8-21-19)23-18(24)16-12-28-17(22-16)11-27-14-6-4-13(20)5-7-14/h2-8,12H,9-11H2,1H3,(H,23,24). The number of hydrogen-bond donors (Lipinski definition) is 1. The number of nitrogens with one attached hydrogen (secondary N) is 1. The van der Waals surface area contributed by atoms with Gasteiger partial charge in [0.1, 0.15) is 35.4 Å². The van der Waals surface area contributed by atoms with Crippen molar-refractivity contribution in [1.29, 1.82) is 0 Å². The predicted octanol–water partition coefficient (Wildman–Crippen LogP) is 4.05. The molecule has 0 radical (unpaired) electrons. The van der Waals surface area contributed by atoms with E-state index < -0.39 is 0 Å². The van der Waals surface area contributed by atoms with Crippen LogP contribution in [0.1, 0.15) is 15.5 Å². The lowest BCUT2D eigenvalue weighted by Gasteiger charge is -2.10. The van der Waals surface area contributed by atoms with Crippen molar-refractivity contribution >= 4 is 34.5 Å². The van der Waals surface area contributed by atoms with Crippen LogP contribution in [0.15, 0.2) is 48.0 Å². The molecule has 2 aromatic heterocycles. The van der Waals surface area contributed by atoms with E-state index in [4.69, 9.17) is 25.8 Å². The Balaban J connectivity index is 1.59. The third-order valence-corrected chi connectivity index (χ3v) is 4.58. The van der Waals surface area contributed by atoms with Gasteiger partial charge in [-0.3, -0.25) is 4.79 Å². The molecule has 2 heterocycles. The molecule has 0 saturated carbocycles. The number of pyridine rings is 1. The Bertz CT molecular complexity index is 918. The van der Waals surface area contributed by atoms with Crippen LogP contribution in [0.4, 0.5) is 5.69 Å². The second-order valence-electron chi connectivity index (χ2n) is 5.52. The molecule has 3 aromatic rings. The number of thiazole rings is 1. The van der Waals surface area contributed by atoms with Crippen LogP contribution >= 0.6 is 22.9 Å². The van der Waals surface area contributed by atoms with Gasteiger partial charge in [0.15, 0.2) is 0 Å². The Labute approximate surface area is 171 Å². The van der Waals surface area contributed by atoms with Gasteiger partial charge in [0.05, 0.1) is 6.61 Å². The van der Waals surface area contributed by atoms with Gasteiger partial charge in [0.25, 0.3) is 5.91 Å². The number of aromatic nitrogens is 2. The lowest BCUT2D eigenvalue weighted by Crippen LogP contribution is -2.15. The number of carbonyl (C=O) groups excluding carboxylic acids is 1. The number of ether oxygens (including phenoxy) is 3. The highest BCUT2D eigenvalue weighted by atomic mass is 35.5. The molecular weight excluding hydrogens is 402 g/mol.